The molecule has 1 aliphatic heterocycles. The minimum atomic E-state index is -0.371. The van der Waals surface area contributed by atoms with Crippen LogP contribution in [0.15, 0.2) is 24.7 Å². The number of nitrogens with zero attached hydrogens (tertiary/aromatic N) is 6. The van der Waals surface area contributed by atoms with Gasteiger partial charge < -0.3 is 15.0 Å². The van der Waals surface area contributed by atoms with Crippen LogP contribution in [0.25, 0.3) is 5.65 Å². The van der Waals surface area contributed by atoms with E-state index in [0.717, 1.165) is 44.2 Å². The molecule has 1 N–H and O–H groups in total. The number of aromatic nitrogens is 5. The van der Waals surface area contributed by atoms with Crippen molar-refractivity contribution in [3.8, 4) is 0 Å². The number of fused-ring (bicyclic) bond motifs is 3. The summed E-state index contributed by atoms with van der Waals surface area (Å²) in [5.74, 6) is 0.914. The first-order chi connectivity index (χ1) is 16.5. The summed E-state index contributed by atoms with van der Waals surface area (Å²) in [6.45, 7) is 0.673. The molecule has 4 heterocycles. The molecule has 3 fully saturated rings. The number of carbonyl (C=O) groups excluding carboxylic acids is 3. The smallest absolute Gasteiger partial charge is 0.261 e. The molecule has 2 aliphatic carbocycles. The Hall–Kier alpha value is -3.27. The molecule has 176 valence electrons. The van der Waals surface area contributed by atoms with Crippen LogP contribution >= 0.6 is 11.6 Å². The van der Waals surface area contributed by atoms with Gasteiger partial charge in [0.25, 0.3) is 5.91 Å². The van der Waals surface area contributed by atoms with Crippen molar-refractivity contribution in [1.29, 1.82) is 0 Å². The second-order valence-corrected chi connectivity index (χ2v) is 9.85. The normalized spacial score (nSPS) is 26.4. The number of Topliss-reactive ketones (excluding diaryl/α,β-unsaturated/α-hetero) is 1. The van der Waals surface area contributed by atoms with Gasteiger partial charge in [0, 0.05) is 37.0 Å². The van der Waals surface area contributed by atoms with E-state index in [1.165, 1.54) is 6.20 Å². The zero-order valence-corrected chi connectivity index (χ0v) is 19.2. The van der Waals surface area contributed by atoms with E-state index in [0.29, 0.717) is 35.6 Å². The Morgan fingerprint density at radius 2 is 2.03 bits per heavy atom. The van der Waals surface area contributed by atoms with Gasteiger partial charge >= 0.3 is 0 Å². The third-order valence-electron chi connectivity index (χ3n) is 7.44. The van der Waals surface area contributed by atoms with Crippen LogP contribution in [0.1, 0.15) is 54.9 Å². The van der Waals surface area contributed by atoms with Crippen LogP contribution < -0.4 is 10.2 Å². The van der Waals surface area contributed by atoms with Crippen LogP contribution in [0, 0.1) is 11.8 Å². The van der Waals surface area contributed by atoms with Crippen molar-refractivity contribution in [1.82, 2.24) is 24.4 Å². The third-order valence-corrected chi connectivity index (χ3v) is 7.72. The number of amides is 1. The number of ketones is 1. The number of aldehydes is 1. The van der Waals surface area contributed by atoms with Crippen molar-refractivity contribution in [3.05, 3.63) is 35.4 Å². The van der Waals surface area contributed by atoms with Crippen LogP contribution in [0.5, 0.6) is 0 Å². The van der Waals surface area contributed by atoms with Crippen molar-refractivity contribution in [2.24, 2.45) is 11.8 Å². The zero-order chi connectivity index (χ0) is 23.4. The molecule has 1 saturated heterocycles. The molecule has 10 nitrogen and oxygen atoms in total. The second-order valence-electron chi connectivity index (χ2n) is 9.49. The molecular weight excluding hydrogens is 458 g/mol. The van der Waals surface area contributed by atoms with E-state index < -0.39 is 0 Å². The number of hydrogen-bond donors (Lipinski definition) is 1. The fourth-order valence-electron chi connectivity index (χ4n) is 5.53. The molecular formula is C23H24ClN7O3. The number of hydrogen-bond acceptors (Lipinski definition) is 7. The number of piperidine rings is 1. The fourth-order valence-corrected chi connectivity index (χ4v) is 5.72. The Balaban J connectivity index is 1.21. The van der Waals surface area contributed by atoms with Gasteiger partial charge in [0.05, 0.1) is 24.1 Å². The van der Waals surface area contributed by atoms with E-state index in [-0.39, 0.29) is 35.0 Å². The zero-order valence-electron chi connectivity index (χ0n) is 18.4. The van der Waals surface area contributed by atoms with Crippen molar-refractivity contribution < 1.29 is 14.4 Å². The Kier molecular flexibility index (Phi) is 5.13. The van der Waals surface area contributed by atoms with Gasteiger partial charge in [-0.3, -0.25) is 14.3 Å². The van der Waals surface area contributed by atoms with Crippen LogP contribution in [0.2, 0.25) is 5.15 Å². The van der Waals surface area contributed by atoms with Crippen molar-refractivity contribution in [2.75, 3.05) is 16.8 Å². The molecule has 2 saturated carbocycles. The Bertz CT molecular complexity index is 1290. The third kappa shape index (κ3) is 3.56. The Labute approximate surface area is 200 Å². The largest absolute Gasteiger partial charge is 0.352 e. The summed E-state index contributed by atoms with van der Waals surface area (Å²) in [6.07, 6.45) is 10.8. The summed E-state index contributed by atoms with van der Waals surface area (Å²) in [5.41, 5.74) is 1.20. The van der Waals surface area contributed by atoms with E-state index in [9.17, 15) is 14.4 Å². The van der Waals surface area contributed by atoms with Crippen molar-refractivity contribution in [3.63, 3.8) is 0 Å². The molecule has 1 amide bonds. The molecule has 0 spiro atoms. The van der Waals surface area contributed by atoms with E-state index in [2.05, 4.69) is 20.4 Å². The summed E-state index contributed by atoms with van der Waals surface area (Å²) in [7, 11) is 0. The molecule has 0 aromatic carbocycles. The molecule has 34 heavy (non-hydrogen) atoms. The number of carbonyl (C=O) groups is 3. The maximum atomic E-state index is 13.1. The predicted octanol–water partition coefficient (Wildman–Crippen LogP) is 2.93. The maximum absolute atomic E-state index is 13.1. The Morgan fingerprint density at radius 3 is 2.74 bits per heavy atom. The molecule has 0 unspecified atom stereocenters. The topological polar surface area (TPSA) is 114 Å². The quantitative estimate of drug-likeness (QED) is 0.557. The minimum absolute atomic E-state index is 0.0860. The van der Waals surface area contributed by atoms with Crippen LogP contribution in [-0.2, 0) is 9.59 Å². The molecule has 3 aliphatic rings. The first kappa shape index (κ1) is 21.3. The predicted molar refractivity (Wildman–Crippen MR) is 124 cm³/mol. The lowest BCUT2D eigenvalue weighted by molar-refractivity contribution is -0.121. The average molecular weight is 482 g/mol. The van der Waals surface area contributed by atoms with Crippen molar-refractivity contribution in [2.45, 2.75) is 50.6 Å². The summed E-state index contributed by atoms with van der Waals surface area (Å²) in [4.78, 5) is 42.9. The Morgan fingerprint density at radius 1 is 1.21 bits per heavy atom. The van der Waals surface area contributed by atoms with Crippen LogP contribution in [-0.4, -0.2) is 54.9 Å². The molecule has 6 rings (SSSR count). The second kappa shape index (κ2) is 8.19. The minimum Gasteiger partial charge on any atom is -0.352 e. The summed E-state index contributed by atoms with van der Waals surface area (Å²) in [5, 5.41) is 11.7. The van der Waals surface area contributed by atoms with Crippen LogP contribution in [0.3, 0.4) is 0 Å². The summed E-state index contributed by atoms with van der Waals surface area (Å²) in [6, 6.07) is 2.20. The number of rotatable bonds is 5. The highest BCUT2D eigenvalue weighted by Crippen LogP contribution is 2.37. The van der Waals surface area contributed by atoms with Gasteiger partial charge in [-0.1, -0.05) is 11.6 Å². The van der Waals surface area contributed by atoms with Gasteiger partial charge in [-0.25, -0.2) is 9.50 Å². The lowest BCUT2D eigenvalue weighted by Gasteiger charge is -2.27. The number of nitrogens with one attached hydrogen (secondary N) is 1. The first-order valence-corrected chi connectivity index (χ1v) is 12.0. The van der Waals surface area contributed by atoms with E-state index >= 15 is 0 Å². The monoisotopic (exact) mass is 481 g/mol. The van der Waals surface area contributed by atoms with Gasteiger partial charge in [0.2, 0.25) is 0 Å². The van der Waals surface area contributed by atoms with E-state index in [1.807, 2.05) is 6.07 Å². The first-order valence-electron chi connectivity index (χ1n) is 11.6. The summed E-state index contributed by atoms with van der Waals surface area (Å²) < 4.78 is 3.35. The lowest BCUT2D eigenvalue weighted by Crippen LogP contribution is -2.36. The van der Waals surface area contributed by atoms with Gasteiger partial charge in [-0.05, 0) is 38.2 Å². The highest BCUT2D eigenvalue weighted by molar-refractivity contribution is 6.32. The highest BCUT2D eigenvalue weighted by atomic mass is 35.5. The molecule has 11 heteroatoms. The molecule has 2 atom stereocenters. The van der Waals surface area contributed by atoms with E-state index in [1.54, 1.807) is 21.6 Å². The molecule has 3 aromatic rings. The van der Waals surface area contributed by atoms with Gasteiger partial charge in [0.1, 0.15) is 23.5 Å². The van der Waals surface area contributed by atoms with Gasteiger partial charge in [-0.2, -0.15) is 10.2 Å². The van der Waals surface area contributed by atoms with Gasteiger partial charge in [0.15, 0.2) is 10.8 Å². The summed E-state index contributed by atoms with van der Waals surface area (Å²) >= 11 is 6.33. The average Bonchev–Trinajstić information content (AvgIpc) is 3.62. The van der Waals surface area contributed by atoms with Crippen molar-refractivity contribution >= 4 is 46.7 Å². The van der Waals surface area contributed by atoms with Crippen LogP contribution in [0.4, 0.5) is 11.5 Å². The fraction of sp³-hybridized carbons (Fsp3) is 0.478. The molecule has 0 radical (unpaired) electrons. The molecule has 2 bridgehead atoms. The maximum Gasteiger partial charge on any atom is 0.261 e. The number of halogens is 1. The molecule has 3 aromatic heterocycles. The highest BCUT2D eigenvalue weighted by Gasteiger charge is 2.44. The lowest BCUT2D eigenvalue weighted by atomic mass is 9.87. The number of anilines is 2. The standard InChI is InChI=1S/C23H24ClN7O3/c24-21-18(11-31(28-21)15-3-1-13(12-32)2-4-15)26-23(34)17-9-25-30-6-5-20(27-22(17)30)29-10-14-7-16(29)8-19(14)33/h5-6,9,11-16H,1-4,7-8,10H2,(H,26,34)/t13?,14-,15?,16-/m1/s1. The SMILES string of the molecule is O=CC1CCC(n2cc(NC(=O)c3cnn4ccc(N5C[C@H]6C[C@@H]5CC6=O)nc34)c(Cl)n2)CC1. The van der Waals surface area contributed by atoms with E-state index in [4.69, 9.17) is 16.6 Å². The van der Waals surface area contributed by atoms with Gasteiger partial charge in [-0.15, -0.1) is 0 Å².